The smallest absolute Gasteiger partial charge is 0.322 e. The van der Waals surface area contributed by atoms with E-state index in [4.69, 9.17) is 4.74 Å². The fraction of sp³-hybridized carbons (Fsp3) is 0.375. The summed E-state index contributed by atoms with van der Waals surface area (Å²) in [6, 6.07) is 4.56. The van der Waals surface area contributed by atoms with E-state index >= 15 is 0 Å². The second-order valence-corrected chi connectivity index (χ2v) is 5.10. The zero-order valence-corrected chi connectivity index (χ0v) is 12.7. The van der Waals surface area contributed by atoms with Crippen LogP contribution >= 0.6 is 0 Å². The number of nitrogens with zero attached hydrogens (tertiary/aromatic N) is 2. The minimum Gasteiger partial charge on any atom is -0.424 e. The van der Waals surface area contributed by atoms with E-state index < -0.39 is 0 Å². The Morgan fingerprint density at radius 3 is 2.55 bits per heavy atom. The van der Waals surface area contributed by atoms with Crippen LogP contribution in [0.15, 0.2) is 18.3 Å². The van der Waals surface area contributed by atoms with E-state index in [1.165, 1.54) is 11.1 Å². The third-order valence-corrected chi connectivity index (χ3v) is 3.39. The first-order chi connectivity index (χ1) is 9.51. The zero-order chi connectivity index (χ0) is 14.7. The molecule has 4 heteroatoms. The molecule has 0 bridgehead atoms. The quantitative estimate of drug-likeness (QED) is 0.927. The number of hydrogen-bond donors (Lipinski definition) is 1. The standard InChI is InChI=1S/C16H21N3O/c1-10-6-11(2)12(3)15(7-10)20-16-18-9-14(8-17-5)13(4)19-16/h6-7,9,17H,8H2,1-5H3. The molecule has 0 spiro atoms. The van der Waals surface area contributed by atoms with Crippen LogP contribution in [0.5, 0.6) is 11.8 Å². The number of ether oxygens (including phenoxy) is 1. The van der Waals surface area contributed by atoms with Gasteiger partial charge in [-0.3, -0.25) is 0 Å². The number of hydrogen-bond acceptors (Lipinski definition) is 4. The molecule has 0 saturated carbocycles. The van der Waals surface area contributed by atoms with Crippen molar-refractivity contribution in [2.45, 2.75) is 34.2 Å². The lowest BCUT2D eigenvalue weighted by atomic mass is 10.1. The predicted molar refractivity (Wildman–Crippen MR) is 80.3 cm³/mol. The maximum Gasteiger partial charge on any atom is 0.322 e. The van der Waals surface area contributed by atoms with Gasteiger partial charge in [0.25, 0.3) is 0 Å². The minimum absolute atomic E-state index is 0.399. The van der Waals surface area contributed by atoms with E-state index in [2.05, 4.69) is 35.2 Å². The van der Waals surface area contributed by atoms with Crippen LogP contribution in [0.4, 0.5) is 0 Å². The van der Waals surface area contributed by atoms with E-state index in [1.54, 1.807) is 0 Å². The molecule has 4 nitrogen and oxygen atoms in total. The molecule has 0 aliphatic carbocycles. The Morgan fingerprint density at radius 2 is 1.90 bits per heavy atom. The summed E-state index contributed by atoms with van der Waals surface area (Å²) in [7, 11) is 1.91. The lowest BCUT2D eigenvalue weighted by Crippen LogP contribution is -2.08. The van der Waals surface area contributed by atoms with Gasteiger partial charge in [-0.1, -0.05) is 6.07 Å². The highest BCUT2D eigenvalue weighted by molar-refractivity contribution is 5.43. The molecule has 0 amide bonds. The van der Waals surface area contributed by atoms with Gasteiger partial charge in [-0.05, 0) is 57.5 Å². The highest BCUT2D eigenvalue weighted by Crippen LogP contribution is 2.26. The summed E-state index contributed by atoms with van der Waals surface area (Å²) < 4.78 is 5.84. The topological polar surface area (TPSA) is 47.0 Å². The predicted octanol–water partition coefficient (Wildman–Crippen LogP) is 3.22. The molecule has 0 aliphatic rings. The van der Waals surface area contributed by atoms with E-state index in [0.29, 0.717) is 6.01 Å². The van der Waals surface area contributed by atoms with Crippen LogP contribution in [0.2, 0.25) is 0 Å². The van der Waals surface area contributed by atoms with Crippen LogP contribution in [0.1, 0.15) is 27.9 Å². The minimum atomic E-state index is 0.399. The average Bonchev–Trinajstić information content (AvgIpc) is 2.39. The van der Waals surface area contributed by atoms with Gasteiger partial charge in [-0.15, -0.1) is 0 Å². The Kier molecular flexibility index (Phi) is 4.35. The third kappa shape index (κ3) is 3.14. The van der Waals surface area contributed by atoms with E-state index in [-0.39, 0.29) is 0 Å². The number of nitrogens with one attached hydrogen (secondary N) is 1. The van der Waals surface area contributed by atoms with Crippen molar-refractivity contribution in [1.82, 2.24) is 15.3 Å². The summed E-state index contributed by atoms with van der Waals surface area (Å²) in [5.74, 6) is 0.822. The Balaban J connectivity index is 2.29. The lowest BCUT2D eigenvalue weighted by molar-refractivity contribution is 0.435. The van der Waals surface area contributed by atoms with Crippen molar-refractivity contribution in [3.05, 3.63) is 46.3 Å². The first kappa shape index (κ1) is 14.5. The van der Waals surface area contributed by atoms with Crippen LogP contribution in [0.3, 0.4) is 0 Å². The molecule has 2 aromatic rings. The van der Waals surface area contributed by atoms with Crippen molar-refractivity contribution in [2.24, 2.45) is 0 Å². The first-order valence-electron chi connectivity index (χ1n) is 6.74. The molecule has 106 valence electrons. The second-order valence-electron chi connectivity index (χ2n) is 5.10. The van der Waals surface area contributed by atoms with Crippen LogP contribution < -0.4 is 10.1 Å². The van der Waals surface area contributed by atoms with Gasteiger partial charge in [0.15, 0.2) is 0 Å². The number of benzene rings is 1. The molecule has 1 aromatic heterocycles. The monoisotopic (exact) mass is 271 g/mol. The molecule has 0 atom stereocenters. The zero-order valence-electron chi connectivity index (χ0n) is 12.7. The maximum absolute atomic E-state index is 5.84. The average molecular weight is 271 g/mol. The van der Waals surface area contributed by atoms with Gasteiger partial charge >= 0.3 is 6.01 Å². The van der Waals surface area contributed by atoms with Crippen LogP contribution in [0.25, 0.3) is 0 Å². The van der Waals surface area contributed by atoms with Crippen molar-refractivity contribution in [3.8, 4) is 11.8 Å². The summed E-state index contributed by atoms with van der Waals surface area (Å²) in [6.45, 7) is 8.91. The van der Waals surface area contributed by atoms with E-state index in [1.807, 2.05) is 33.2 Å². The Bertz CT molecular complexity index is 623. The van der Waals surface area contributed by atoms with Crippen molar-refractivity contribution >= 4 is 0 Å². The van der Waals surface area contributed by atoms with Crippen molar-refractivity contribution in [2.75, 3.05) is 7.05 Å². The molecule has 2 rings (SSSR count). The number of aromatic nitrogens is 2. The Labute approximate surface area is 120 Å². The summed E-state index contributed by atoms with van der Waals surface area (Å²) in [5.41, 5.74) is 5.52. The first-order valence-corrected chi connectivity index (χ1v) is 6.74. The van der Waals surface area contributed by atoms with E-state index in [9.17, 15) is 0 Å². The van der Waals surface area contributed by atoms with E-state index in [0.717, 1.165) is 29.1 Å². The Hall–Kier alpha value is -1.94. The summed E-state index contributed by atoms with van der Waals surface area (Å²) >= 11 is 0. The number of rotatable bonds is 4. The van der Waals surface area contributed by atoms with Gasteiger partial charge in [0.2, 0.25) is 0 Å². The normalized spacial score (nSPS) is 10.7. The largest absolute Gasteiger partial charge is 0.424 e. The fourth-order valence-corrected chi connectivity index (χ4v) is 2.09. The Morgan fingerprint density at radius 1 is 1.15 bits per heavy atom. The molecule has 1 heterocycles. The molecule has 0 aliphatic heterocycles. The van der Waals surface area contributed by atoms with Gasteiger partial charge < -0.3 is 10.1 Å². The van der Waals surface area contributed by atoms with Crippen molar-refractivity contribution in [1.29, 1.82) is 0 Å². The van der Waals surface area contributed by atoms with Crippen LogP contribution in [0, 0.1) is 27.7 Å². The summed E-state index contributed by atoms with van der Waals surface area (Å²) in [5, 5.41) is 3.10. The summed E-state index contributed by atoms with van der Waals surface area (Å²) in [4.78, 5) is 8.69. The highest BCUT2D eigenvalue weighted by Gasteiger charge is 2.09. The van der Waals surface area contributed by atoms with Crippen LogP contribution in [-0.2, 0) is 6.54 Å². The van der Waals surface area contributed by atoms with Crippen LogP contribution in [-0.4, -0.2) is 17.0 Å². The highest BCUT2D eigenvalue weighted by atomic mass is 16.5. The van der Waals surface area contributed by atoms with Gasteiger partial charge in [0, 0.05) is 24.0 Å². The van der Waals surface area contributed by atoms with Gasteiger partial charge in [0.1, 0.15) is 5.75 Å². The maximum atomic E-state index is 5.84. The second kappa shape index (κ2) is 6.01. The summed E-state index contributed by atoms with van der Waals surface area (Å²) in [6.07, 6.45) is 1.81. The van der Waals surface area contributed by atoms with Crippen molar-refractivity contribution in [3.63, 3.8) is 0 Å². The number of aryl methyl sites for hydroxylation is 3. The van der Waals surface area contributed by atoms with Gasteiger partial charge in [0.05, 0.1) is 0 Å². The fourth-order valence-electron chi connectivity index (χ4n) is 2.09. The van der Waals surface area contributed by atoms with Crippen molar-refractivity contribution < 1.29 is 4.74 Å². The molecule has 0 fully saturated rings. The molecule has 0 unspecified atom stereocenters. The third-order valence-electron chi connectivity index (χ3n) is 3.39. The molecule has 1 N–H and O–H groups in total. The molecular weight excluding hydrogens is 250 g/mol. The lowest BCUT2D eigenvalue weighted by Gasteiger charge is -2.12. The molecule has 1 aromatic carbocycles. The SMILES string of the molecule is CNCc1cnc(Oc2cc(C)cc(C)c2C)nc1C. The van der Waals surface area contributed by atoms with Gasteiger partial charge in [-0.25, -0.2) is 4.98 Å². The molecule has 0 saturated heterocycles. The molecule has 0 radical (unpaired) electrons. The van der Waals surface area contributed by atoms with Gasteiger partial charge in [-0.2, -0.15) is 4.98 Å². The molecule has 20 heavy (non-hydrogen) atoms. The molecular formula is C16H21N3O.